The summed E-state index contributed by atoms with van der Waals surface area (Å²) in [6.07, 6.45) is 3.19. The van der Waals surface area contributed by atoms with Crippen LogP contribution in [-0.4, -0.2) is 10.1 Å². The molecule has 3 nitrogen and oxygen atoms in total. The molecule has 0 aliphatic rings. The minimum atomic E-state index is 0.527. The SMILES string of the molecule is C=C=Cc1ccc(-c2ncno2)cc1. The van der Waals surface area contributed by atoms with Crippen LogP contribution in [0, 0.1) is 0 Å². The van der Waals surface area contributed by atoms with Crippen LogP contribution in [0.2, 0.25) is 0 Å². The van der Waals surface area contributed by atoms with E-state index in [1.165, 1.54) is 6.33 Å². The van der Waals surface area contributed by atoms with Crippen molar-refractivity contribution in [2.45, 2.75) is 0 Å². The van der Waals surface area contributed by atoms with E-state index in [0.29, 0.717) is 5.89 Å². The van der Waals surface area contributed by atoms with E-state index in [0.717, 1.165) is 11.1 Å². The van der Waals surface area contributed by atoms with Gasteiger partial charge in [0.15, 0.2) is 6.33 Å². The third-order valence-electron chi connectivity index (χ3n) is 1.79. The molecule has 2 rings (SSSR count). The van der Waals surface area contributed by atoms with Crippen LogP contribution in [0.4, 0.5) is 0 Å². The molecule has 14 heavy (non-hydrogen) atoms. The molecule has 2 aromatic rings. The maximum atomic E-state index is 4.92. The van der Waals surface area contributed by atoms with Gasteiger partial charge in [-0.1, -0.05) is 23.9 Å². The first kappa shape index (κ1) is 8.48. The minimum Gasteiger partial charge on any atom is -0.334 e. The minimum absolute atomic E-state index is 0.527. The third kappa shape index (κ3) is 1.63. The topological polar surface area (TPSA) is 38.9 Å². The molecule has 0 spiro atoms. The van der Waals surface area contributed by atoms with Gasteiger partial charge in [-0.05, 0) is 23.8 Å². The molecule has 0 bridgehead atoms. The van der Waals surface area contributed by atoms with Gasteiger partial charge in [-0.25, -0.2) is 0 Å². The molecule has 0 radical (unpaired) electrons. The Hall–Kier alpha value is -2.12. The summed E-state index contributed by atoms with van der Waals surface area (Å²) in [5.41, 5.74) is 4.66. The summed E-state index contributed by atoms with van der Waals surface area (Å²) in [5.74, 6) is 0.527. The van der Waals surface area contributed by atoms with Crippen molar-refractivity contribution in [2.24, 2.45) is 0 Å². The molecule has 0 fully saturated rings. The van der Waals surface area contributed by atoms with Gasteiger partial charge in [0.1, 0.15) is 0 Å². The third-order valence-corrected chi connectivity index (χ3v) is 1.79. The summed E-state index contributed by atoms with van der Waals surface area (Å²) in [7, 11) is 0. The maximum absolute atomic E-state index is 4.92. The predicted octanol–water partition coefficient (Wildman–Crippen LogP) is 2.53. The van der Waals surface area contributed by atoms with E-state index in [1.807, 2.05) is 24.3 Å². The lowest BCUT2D eigenvalue weighted by molar-refractivity contribution is 0.430. The van der Waals surface area contributed by atoms with Gasteiger partial charge in [-0.3, -0.25) is 0 Å². The predicted molar refractivity (Wildman–Crippen MR) is 53.3 cm³/mol. The van der Waals surface area contributed by atoms with E-state index in [9.17, 15) is 0 Å². The lowest BCUT2D eigenvalue weighted by Crippen LogP contribution is -1.77. The molecule has 68 valence electrons. The zero-order chi connectivity index (χ0) is 9.80. The quantitative estimate of drug-likeness (QED) is 0.673. The van der Waals surface area contributed by atoms with Crippen molar-refractivity contribution < 1.29 is 4.52 Å². The number of hydrogen-bond donors (Lipinski definition) is 0. The molecule has 1 heterocycles. The number of hydrogen-bond acceptors (Lipinski definition) is 3. The summed E-state index contributed by atoms with van der Waals surface area (Å²) < 4.78 is 4.92. The van der Waals surface area contributed by atoms with E-state index in [1.54, 1.807) is 6.08 Å². The van der Waals surface area contributed by atoms with Crippen molar-refractivity contribution in [3.63, 3.8) is 0 Å². The van der Waals surface area contributed by atoms with Crippen LogP contribution < -0.4 is 0 Å². The Kier molecular flexibility index (Phi) is 2.26. The van der Waals surface area contributed by atoms with Crippen LogP contribution in [0.1, 0.15) is 5.56 Å². The molecule has 3 heteroatoms. The highest BCUT2D eigenvalue weighted by Gasteiger charge is 2.01. The van der Waals surface area contributed by atoms with Gasteiger partial charge in [0.25, 0.3) is 5.89 Å². The molecule has 1 aromatic carbocycles. The van der Waals surface area contributed by atoms with Gasteiger partial charge in [0.05, 0.1) is 0 Å². The van der Waals surface area contributed by atoms with Crippen LogP contribution in [0.15, 0.2) is 47.4 Å². The second-order valence-corrected chi connectivity index (χ2v) is 2.72. The van der Waals surface area contributed by atoms with Crippen molar-refractivity contribution in [1.82, 2.24) is 10.1 Å². The fourth-order valence-corrected chi connectivity index (χ4v) is 1.14. The van der Waals surface area contributed by atoms with Crippen molar-refractivity contribution in [1.29, 1.82) is 0 Å². The van der Waals surface area contributed by atoms with Gasteiger partial charge < -0.3 is 4.52 Å². The lowest BCUT2D eigenvalue weighted by Gasteiger charge is -1.94. The van der Waals surface area contributed by atoms with E-state index in [2.05, 4.69) is 22.5 Å². The molecule has 0 saturated carbocycles. The molecule has 0 aliphatic heterocycles. The number of aromatic nitrogens is 2. The summed E-state index contributed by atoms with van der Waals surface area (Å²) in [6, 6.07) is 7.71. The van der Waals surface area contributed by atoms with Crippen LogP contribution in [-0.2, 0) is 0 Å². The Morgan fingerprint density at radius 3 is 2.64 bits per heavy atom. The molecule has 0 amide bonds. The largest absolute Gasteiger partial charge is 0.334 e. The van der Waals surface area contributed by atoms with E-state index in [4.69, 9.17) is 4.52 Å². The summed E-state index contributed by atoms with van der Waals surface area (Å²) >= 11 is 0. The highest BCUT2D eigenvalue weighted by Crippen LogP contribution is 2.16. The van der Waals surface area contributed by atoms with E-state index >= 15 is 0 Å². The molecule has 0 aliphatic carbocycles. The normalized spacial score (nSPS) is 9.43. The number of nitrogens with zero attached hydrogens (tertiary/aromatic N) is 2. The second-order valence-electron chi connectivity index (χ2n) is 2.72. The van der Waals surface area contributed by atoms with Gasteiger partial charge >= 0.3 is 0 Å². The Morgan fingerprint density at radius 2 is 2.07 bits per heavy atom. The zero-order valence-corrected chi connectivity index (χ0v) is 7.47. The fraction of sp³-hybridized carbons (Fsp3) is 0. The fourth-order valence-electron chi connectivity index (χ4n) is 1.14. The zero-order valence-electron chi connectivity index (χ0n) is 7.47. The van der Waals surface area contributed by atoms with Crippen molar-refractivity contribution in [3.8, 4) is 11.5 Å². The molecule has 0 saturated heterocycles. The van der Waals surface area contributed by atoms with Gasteiger partial charge in [-0.15, -0.1) is 5.73 Å². The standard InChI is InChI=1S/C11H8N2O/c1-2-3-9-4-6-10(7-5-9)11-12-8-13-14-11/h3-8H,1H2. The monoisotopic (exact) mass is 184 g/mol. The molecule has 0 N–H and O–H groups in total. The number of rotatable bonds is 2. The Labute approximate surface area is 81.4 Å². The Bertz CT molecular complexity index is 451. The van der Waals surface area contributed by atoms with Crippen molar-refractivity contribution in [2.75, 3.05) is 0 Å². The van der Waals surface area contributed by atoms with E-state index in [-0.39, 0.29) is 0 Å². The van der Waals surface area contributed by atoms with Crippen LogP contribution in [0.25, 0.3) is 17.5 Å². The maximum Gasteiger partial charge on any atom is 0.257 e. The summed E-state index contributed by atoms with van der Waals surface area (Å²) in [4.78, 5) is 3.95. The summed E-state index contributed by atoms with van der Waals surface area (Å²) in [6.45, 7) is 3.51. The summed E-state index contributed by atoms with van der Waals surface area (Å²) in [5, 5.41) is 3.54. The highest BCUT2D eigenvalue weighted by atomic mass is 16.5. The first-order chi connectivity index (χ1) is 6.90. The first-order valence-corrected chi connectivity index (χ1v) is 4.13. The Morgan fingerprint density at radius 1 is 1.29 bits per heavy atom. The van der Waals surface area contributed by atoms with E-state index < -0.39 is 0 Å². The van der Waals surface area contributed by atoms with Gasteiger partial charge in [0.2, 0.25) is 0 Å². The van der Waals surface area contributed by atoms with Crippen LogP contribution in [0.5, 0.6) is 0 Å². The molecular formula is C11H8N2O. The highest BCUT2D eigenvalue weighted by molar-refractivity contribution is 5.57. The average Bonchev–Trinajstić information content (AvgIpc) is 2.72. The number of benzene rings is 1. The molecule has 0 atom stereocenters. The first-order valence-electron chi connectivity index (χ1n) is 4.13. The second kappa shape index (κ2) is 3.73. The van der Waals surface area contributed by atoms with Gasteiger partial charge in [-0.2, -0.15) is 4.98 Å². The molecule has 1 aromatic heterocycles. The van der Waals surface area contributed by atoms with Crippen molar-refractivity contribution in [3.05, 3.63) is 48.5 Å². The van der Waals surface area contributed by atoms with Crippen LogP contribution in [0.3, 0.4) is 0 Å². The Balaban J connectivity index is 2.35. The average molecular weight is 184 g/mol. The lowest BCUT2D eigenvalue weighted by atomic mass is 10.1. The smallest absolute Gasteiger partial charge is 0.257 e. The van der Waals surface area contributed by atoms with Crippen LogP contribution >= 0.6 is 0 Å². The molecule has 0 unspecified atom stereocenters. The van der Waals surface area contributed by atoms with Crippen molar-refractivity contribution >= 4 is 6.08 Å². The molecular weight excluding hydrogens is 176 g/mol. The van der Waals surface area contributed by atoms with Gasteiger partial charge in [0, 0.05) is 5.56 Å².